The molecule has 6 heteroatoms. The lowest BCUT2D eigenvalue weighted by Crippen LogP contribution is -2.57. The normalized spacial score (nSPS) is 42.5. The van der Waals surface area contributed by atoms with Gasteiger partial charge in [-0.1, -0.05) is 19.1 Å². The number of benzene rings is 1. The number of aliphatic hydroxyl groups is 1. The molecule has 2 aliphatic heterocycles. The average molecular weight is 395 g/mol. The van der Waals surface area contributed by atoms with Gasteiger partial charge < -0.3 is 14.7 Å². The average Bonchev–Trinajstić information content (AvgIpc) is 3.33. The Morgan fingerprint density at radius 2 is 1.97 bits per heavy atom. The maximum Gasteiger partial charge on any atom is 0.334 e. The van der Waals surface area contributed by atoms with Crippen LogP contribution in [-0.4, -0.2) is 46.4 Å². The number of carbonyl (C=O) groups excluding carboxylic acids is 3. The van der Waals surface area contributed by atoms with Crippen LogP contribution in [0.5, 0.6) is 0 Å². The van der Waals surface area contributed by atoms with Gasteiger partial charge in [-0.25, -0.2) is 4.79 Å². The number of ketones is 2. The molecule has 0 radical (unpaired) electrons. The highest BCUT2D eigenvalue weighted by Crippen LogP contribution is 2.62. The molecule has 0 aromatic heterocycles. The van der Waals surface area contributed by atoms with Crippen LogP contribution in [0.3, 0.4) is 0 Å². The minimum Gasteiger partial charge on any atom is -0.459 e. The highest BCUT2D eigenvalue weighted by molar-refractivity contribution is 6.05. The summed E-state index contributed by atoms with van der Waals surface area (Å²) in [5.74, 6) is -0.959. The minimum absolute atomic E-state index is 0.0587. The molecular formula is C23H25NO5. The molecule has 2 aliphatic carbocycles. The quantitative estimate of drug-likeness (QED) is 0.470. The summed E-state index contributed by atoms with van der Waals surface area (Å²) >= 11 is 0. The molecule has 1 aromatic carbocycles. The van der Waals surface area contributed by atoms with E-state index < -0.39 is 22.7 Å². The summed E-state index contributed by atoms with van der Waals surface area (Å²) < 4.78 is 5.89. The van der Waals surface area contributed by atoms with E-state index >= 15 is 0 Å². The third-order valence-corrected chi connectivity index (χ3v) is 7.98. The molecule has 1 aromatic rings. The largest absolute Gasteiger partial charge is 0.459 e. The maximum atomic E-state index is 13.2. The summed E-state index contributed by atoms with van der Waals surface area (Å²) in [6, 6.07) is 7.28. The lowest BCUT2D eigenvalue weighted by Gasteiger charge is -2.43. The molecule has 4 aliphatic rings. The summed E-state index contributed by atoms with van der Waals surface area (Å²) in [4.78, 5) is 40.1. The molecule has 6 nitrogen and oxygen atoms in total. The zero-order valence-corrected chi connectivity index (χ0v) is 16.8. The van der Waals surface area contributed by atoms with Crippen LogP contribution in [0.25, 0.3) is 0 Å². The third-order valence-electron chi connectivity index (χ3n) is 7.98. The molecule has 0 amide bonds. The number of anilines is 1. The monoisotopic (exact) mass is 395 g/mol. The number of carbonyl (C=O) groups is 3. The van der Waals surface area contributed by atoms with Gasteiger partial charge in [-0.15, -0.1) is 0 Å². The van der Waals surface area contributed by atoms with E-state index in [1.165, 1.54) is 13.0 Å². The molecule has 29 heavy (non-hydrogen) atoms. The van der Waals surface area contributed by atoms with Crippen molar-refractivity contribution in [2.45, 2.75) is 50.9 Å². The maximum absolute atomic E-state index is 13.2. The van der Waals surface area contributed by atoms with Gasteiger partial charge >= 0.3 is 5.97 Å². The zero-order valence-electron chi connectivity index (χ0n) is 16.8. The van der Waals surface area contributed by atoms with Gasteiger partial charge in [-0.2, -0.15) is 0 Å². The summed E-state index contributed by atoms with van der Waals surface area (Å²) in [5, 5.41) is 11.5. The van der Waals surface area contributed by atoms with Gasteiger partial charge in [-0.05, 0) is 56.9 Å². The van der Waals surface area contributed by atoms with E-state index in [1.807, 2.05) is 30.0 Å². The molecule has 1 N–H and O–H groups in total. The summed E-state index contributed by atoms with van der Waals surface area (Å²) in [6.07, 6.45) is 3.70. The van der Waals surface area contributed by atoms with Gasteiger partial charge in [-0.3, -0.25) is 9.59 Å². The first-order valence-electron chi connectivity index (χ1n) is 10.2. The number of ether oxygens (including phenoxy) is 1. The lowest BCUT2D eigenvalue weighted by molar-refractivity contribution is -0.166. The Hall–Kier alpha value is -2.47. The number of hydrogen-bond donors (Lipinski definition) is 1. The van der Waals surface area contributed by atoms with Crippen LogP contribution < -0.4 is 4.90 Å². The molecule has 5 rings (SSSR count). The van der Waals surface area contributed by atoms with E-state index in [4.69, 9.17) is 4.74 Å². The van der Waals surface area contributed by atoms with E-state index in [1.54, 1.807) is 19.1 Å². The second kappa shape index (κ2) is 5.57. The minimum atomic E-state index is -1.33. The fraction of sp³-hybridized carbons (Fsp3) is 0.522. The van der Waals surface area contributed by atoms with Crippen molar-refractivity contribution in [3.63, 3.8) is 0 Å². The first kappa shape index (κ1) is 18.6. The smallest absolute Gasteiger partial charge is 0.334 e. The second-order valence-electron chi connectivity index (χ2n) is 9.22. The number of fused-ring (bicyclic) bond motifs is 4. The SMILES string of the molecule is CC(=O)c1ccccc1N1CC12C(=O)OC1C2CC[C@H](C)[C@]2(O)C=CC(=O)[C@@]12C. The number of nitrogens with zero attached hydrogens (tertiary/aromatic N) is 1. The Labute approximate surface area is 169 Å². The predicted octanol–water partition coefficient (Wildman–Crippen LogP) is 2.30. The number of esters is 1. The Bertz CT molecular complexity index is 985. The van der Waals surface area contributed by atoms with Crippen molar-refractivity contribution >= 4 is 23.2 Å². The molecular weight excluding hydrogens is 370 g/mol. The fourth-order valence-electron chi connectivity index (χ4n) is 6.06. The fourth-order valence-corrected chi connectivity index (χ4v) is 6.06. The highest BCUT2D eigenvalue weighted by atomic mass is 16.6. The van der Waals surface area contributed by atoms with Crippen LogP contribution in [0.1, 0.15) is 44.0 Å². The molecule has 2 saturated heterocycles. The number of hydrogen-bond acceptors (Lipinski definition) is 6. The van der Waals surface area contributed by atoms with E-state index in [0.29, 0.717) is 24.9 Å². The van der Waals surface area contributed by atoms with Gasteiger partial charge in [0.2, 0.25) is 0 Å². The van der Waals surface area contributed by atoms with Gasteiger partial charge in [0.1, 0.15) is 11.7 Å². The van der Waals surface area contributed by atoms with E-state index in [0.717, 1.165) is 5.69 Å². The molecule has 3 unspecified atom stereocenters. The number of para-hydroxylation sites is 1. The Morgan fingerprint density at radius 3 is 2.69 bits per heavy atom. The van der Waals surface area contributed by atoms with Crippen molar-refractivity contribution < 1.29 is 24.2 Å². The molecule has 0 bridgehead atoms. The number of allylic oxidation sites excluding steroid dienone is 1. The lowest BCUT2D eigenvalue weighted by atomic mass is 9.64. The summed E-state index contributed by atoms with van der Waals surface area (Å²) in [7, 11) is 0. The van der Waals surface area contributed by atoms with Crippen molar-refractivity contribution in [1.82, 2.24) is 0 Å². The molecule has 1 saturated carbocycles. The van der Waals surface area contributed by atoms with Crippen LogP contribution in [-0.2, 0) is 14.3 Å². The first-order chi connectivity index (χ1) is 13.7. The molecule has 3 fully saturated rings. The van der Waals surface area contributed by atoms with E-state index in [-0.39, 0.29) is 29.4 Å². The summed E-state index contributed by atoms with van der Waals surface area (Å²) in [5.41, 5.74) is -2.09. The predicted molar refractivity (Wildman–Crippen MR) is 105 cm³/mol. The zero-order chi connectivity index (χ0) is 20.8. The number of rotatable bonds is 2. The topological polar surface area (TPSA) is 83.7 Å². The molecule has 1 spiro atoms. The molecule has 6 atom stereocenters. The highest BCUT2D eigenvalue weighted by Gasteiger charge is 2.77. The van der Waals surface area contributed by atoms with Crippen molar-refractivity contribution in [3.8, 4) is 0 Å². The van der Waals surface area contributed by atoms with Crippen LogP contribution in [0.15, 0.2) is 36.4 Å². The van der Waals surface area contributed by atoms with Crippen LogP contribution in [0, 0.1) is 17.3 Å². The van der Waals surface area contributed by atoms with Crippen LogP contribution in [0.4, 0.5) is 5.69 Å². The van der Waals surface area contributed by atoms with Crippen LogP contribution >= 0.6 is 0 Å². The standard InChI is InChI=1S/C23H25NO5/c1-13-8-9-16-19(21(3)18(26)10-11-23(13,21)28)29-20(27)22(16)12-24(22)17-7-5-4-6-15(17)14(2)25/h4-7,10-11,13,16,19,28H,8-9,12H2,1-3H3/t13-,16?,19?,21-,22?,23+,24?/m0/s1. The number of Topliss-reactive ketones (excluding diaryl/α,β-unsaturated/α-hetero) is 1. The van der Waals surface area contributed by atoms with Gasteiger partial charge in [0.25, 0.3) is 0 Å². The van der Waals surface area contributed by atoms with Crippen molar-refractivity contribution in [3.05, 3.63) is 42.0 Å². The van der Waals surface area contributed by atoms with Crippen molar-refractivity contribution in [2.75, 3.05) is 11.4 Å². The van der Waals surface area contributed by atoms with Gasteiger partial charge in [0.15, 0.2) is 17.1 Å². The van der Waals surface area contributed by atoms with Gasteiger partial charge in [0, 0.05) is 17.2 Å². The molecule has 2 heterocycles. The van der Waals surface area contributed by atoms with Crippen molar-refractivity contribution in [1.29, 1.82) is 0 Å². The van der Waals surface area contributed by atoms with Crippen LogP contribution in [0.2, 0.25) is 0 Å². The first-order valence-corrected chi connectivity index (χ1v) is 10.2. The second-order valence-corrected chi connectivity index (χ2v) is 9.22. The van der Waals surface area contributed by atoms with Crippen molar-refractivity contribution in [2.24, 2.45) is 17.3 Å². The Kier molecular flexibility index (Phi) is 3.56. The third kappa shape index (κ3) is 2.03. The summed E-state index contributed by atoms with van der Waals surface area (Å²) in [6.45, 7) is 5.66. The van der Waals surface area contributed by atoms with E-state index in [2.05, 4.69) is 0 Å². The molecule has 152 valence electrons. The Morgan fingerprint density at radius 1 is 1.24 bits per heavy atom. The van der Waals surface area contributed by atoms with Gasteiger partial charge in [0.05, 0.1) is 12.0 Å². The Balaban J connectivity index is 1.59. The van der Waals surface area contributed by atoms with E-state index in [9.17, 15) is 19.5 Å².